The number of hydrogen-bond acceptors (Lipinski definition) is 4. The van der Waals surface area contributed by atoms with Gasteiger partial charge in [-0.1, -0.05) is 43.3 Å². The van der Waals surface area contributed by atoms with Gasteiger partial charge in [0.2, 0.25) is 5.89 Å². The van der Waals surface area contributed by atoms with E-state index in [4.69, 9.17) is 10.3 Å². The van der Waals surface area contributed by atoms with E-state index in [0.717, 1.165) is 43.9 Å². The van der Waals surface area contributed by atoms with Crippen LogP contribution in [0, 0.1) is 5.41 Å². The molecule has 1 aromatic heterocycles. The zero-order chi connectivity index (χ0) is 14.9. The summed E-state index contributed by atoms with van der Waals surface area (Å²) in [6.07, 6.45) is 3.89. The first-order valence-electron chi connectivity index (χ1n) is 7.69. The molecule has 0 amide bonds. The van der Waals surface area contributed by atoms with Gasteiger partial charge in [-0.15, -0.1) is 0 Å². The number of aryl methyl sites for hydroxylation is 1. The molecule has 4 nitrogen and oxygen atoms in total. The van der Waals surface area contributed by atoms with E-state index in [2.05, 4.69) is 48.3 Å². The topological polar surface area (TPSA) is 64.9 Å². The molecule has 1 aliphatic rings. The van der Waals surface area contributed by atoms with Crippen LogP contribution in [0.1, 0.15) is 55.4 Å². The summed E-state index contributed by atoms with van der Waals surface area (Å²) in [6, 6.07) is 8.48. The second-order valence-electron chi connectivity index (χ2n) is 6.70. The summed E-state index contributed by atoms with van der Waals surface area (Å²) < 4.78 is 5.42. The Morgan fingerprint density at radius 1 is 1.29 bits per heavy atom. The zero-order valence-electron chi connectivity index (χ0n) is 12.8. The number of nitrogens with zero attached hydrogens (tertiary/aromatic N) is 2. The Kier molecular flexibility index (Phi) is 3.81. The molecular formula is C17H23N3O. The Hall–Kier alpha value is -1.68. The third kappa shape index (κ3) is 3.00. The molecule has 2 aromatic rings. The van der Waals surface area contributed by atoms with E-state index in [-0.39, 0.29) is 5.41 Å². The van der Waals surface area contributed by atoms with Crippen molar-refractivity contribution in [3.8, 4) is 0 Å². The first-order valence-corrected chi connectivity index (χ1v) is 7.69. The minimum absolute atomic E-state index is 0.229. The predicted octanol–water partition coefficient (Wildman–Crippen LogP) is 3.07. The van der Waals surface area contributed by atoms with Crippen molar-refractivity contribution < 1.29 is 4.52 Å². The van der Waals surface area contributed by atoms with Crippen LogP contribution in [0.25, 0.3) is 0 Å². The van der Waals surface area contributed by atoms with Crippen LogP contribution in [0.15, 0.2) is 28.8 Å². The average Bonchev–Trinajstić information content (AvgIpc) is 2.87. The van der Waals surface area contributed by atoms with Crippen molar-refractivity contribution in [2.45, 2.75) is 45.4 Å². The molecule has 4 heteroatoms. The van der Waals surface area contributed by atoms with Gasteiger partial charge in [0.05, 0.1) is 5.92 Å². The Bertz CT molecular complexity index is 618. The highest BCUT2D eigenvalue weighted by Gasteiger charge is 2.31. The monoisotopic (exact) mass is 285 g/mol. The average molecular weight is 285 g/mol. The van der Waals surface area contributed by atoms with Gasteiger partial charge in [-0.2, -0.15) is 4.98 Å². The Labute approximate surface area is 125 Å². The van der Waals surface area contributed by atoms with Crippen molar-refractivity contribution >= 4 is 0 Å². The molecular weight excluding hydrogens is 262 g/mol. The lowest BCUT2D eigenvalue weighted by Crippen LogP contribution is -2.19. The molecule has 0 bridgehead atoms. The van der Waals surface area contributed by atoms with Crippen molar-refractivity contribution in [3.63, 3.8) is 0 Å². The van der Waals surface area contributed by atoms with Gasteiger partial charge in [-0.05, 0) is 42.3 Å². The quantitative estimate of drug-likeness (QED) is 0.886. The molecule has 21 heavy (non-hydrogen) atoms. The predicted molar refractivity (Wildman–Crippen MR) is 82.1 cm³/mol. The molecule has 0 saturated heterocycles. The number of fused-ring (bicyclic) bond motifs is 1. The van der Waals surface area contributed by atoms with Crippen LogP contribution in [0.3, 0.4) is 0 Å². The fourth-order valence-electron chi connectivity index (χ4n) is 2.96. The van der Waals surface area contributed by atoms with Crippen molar-refractivity contribution in [1.82, 2.24) is 10.1 Å². The maximum atomic E-state index is 5.65. The van der Waals surface area contributed by atoms with Crippen LogP contribution in [0.4, 0.5) is 0 Å². The highest BCUT2D eigenvalue weighted by atomic mass is 16.5. The third-order valence-corrected chi connectivity index (χ3v) is 4.49. The van der Waals surface area contributed by atoms with Crippen LogP contribution >= 0.6 is 0 Å². The lowest BCUT2D eigenvalue weighted by molar-refractivity contribution is 0.288. The summed E-state index contributed by atoms with van der Waals surface area (Å²) in [7, 11) is 0. The van der Waals surface area contributed by atoms with Crippen LogP contribution in [-0.2, 0) is 12.8 Å². The Balaban J connectivity index is 1.63. The van der Waals surface area contributed by atoms with Gasteiger partial charge in [0.1, 0.15) is 0 Å². The van der Waals surface area contributed by atoms with Crippen LogP contribution in [0.5, 0.6) is 0 Å². The summed E-state index contributed by atoms with van der Waals surface area (Å²) in [5.74, 6) is 1.90. The fourth-order valence-corrected chi connectivity index (χ4v) is 2.96. The van der Waals surface area contributed by atoms with Gasteiger partial charge in [0.15, 0.2) is 5.82 Å². The van der Waals surface area contributed by atoms with Crippen molar-refractivity contribution in [3.05, 3.63) is 47.1 Å². The number of aromatic nitrogens is 2. The van der Waals surface area contributed by atoms with E-state index in [1.807, 2.05) is 0 Å². The van der Waals surface area contributed by atoms with Gasteiger partial charge in [-0.3, -0.25) is 0 Å². The summed E-state index contributed by atoms with van der Waals surface area (Å²) in [5, 5.41) is 4.17. The van der Waals surface area contributed by atoms with Crippen LogP contribution in [0.2, 0.25) is 0 Å². The van der Waals surface area contributed by atoms with Gasteiger partial charge >= 0.3 is 0 Å². The minimum Gasteiger partial charge on any atom is -0.339 e. The van der Waals surface area contributed by atoms with E-state index in [1.165, 1.54) is 11.1 Å². The first kappa shape index (κ1) is 14.3. The smallest absolute Gasteiger partial charge is 0.226 e. The molecule has 1 unspecified atom stereocenters. The fraction of sp³-hybridized carbons (Fsp3) is 0.529. The van der Waals surface area contributed by atoms with Gasteiger partial charge in [-0.25, -0.2) is 0 Å². The zero-order valence-corrected chi connectivity index (χ0v) is 12.8. The molecule has 1 aliphatic carbocycles. The van der Waals surface area contributed by atoms with Gasteiger partial charge in [0, 0.05) is 6.42 Å². The molecule has 0 saturated carbocycles. The largest absolute Gasteiger partial charge is 0.339 e. The van der Waals surface area contributed by atoms with E-state index in [0.29, 0.717) is 5.92 Å². The molecule has 1 aromatic carbocycles. The lowest BCUT2D eigenvalue weighted by atomic mass is 9.77. The molecule has 0 fully saturated rings. The maximum Gasteiger partial charge on any atom is 0.226 e. The van der Waals surface area contributed by atoms with E-state index < -0.39 is 0 Å². The molecule has 0 spiro atoms. The Morgan fingerprint density at radius 3 is 2.86 bits per heavy atom. The molecule has 0 aliphatic heterocycles. The second-order valence-corrected chi connectivity index (χ2v) is 6.70. The lowest BCUT2D eigenvalue weighted by Gasteiger charge is -2.27. The van der Waals surface area contributed by atoms with Crippen LogP contribution < -0.4 is 5.73 Å². The molecule has 3 rings (SSSR count). The summed E-state index contributed by atoms with van der Waals surface area (Å²) >= 11 is 0. The molecule has 1 atom stereocenters. The maximum absolute atomic E-state index is 5.65. The highest BCUT2D eigenvalue weighted by Crippen LogP contribution is 2.38. The highest BCUT2D eigenvalue weighted by molar-refractivity contribution is 5.43. The van der Waals surface area contributed by atoms with Crippen LogP contribution in [-0.4, -0.2) is 16.7 Å². The van der Waals surface area contributed by atoms with Crippen molar-refractivity contribution in [1.29, 1.82) is 0 Å². The van der Waals surface area contributed by atoms with Crippen molar-refractivity contribution in [2.24, 2.45) is 11.1 Å². The number of hydrogen-bond donors (Lipinski definition) is 1. The number of benzene rings is 1. The molecule has 112 valence electrons. The first-order chi connectivity index (χ1) is 10.1. The molecule has 1 heterocycles. The number of nitrogens with two attached hydrogens (primary N) is 1. The van der Waals surface area contributed by atoms with Gasteiger partial charge in [0.25, 0.3) is 0 Å². The van der Waals surface area contributed by atoms with Crippen molar-refractivity contribution in [2.75, 3.05) is 6.54 Å². The SMILES string of the molecule is CC(C)(CCN)CCc1nc(C2Cc3ccccc32)no1. The summed E-state index contributed by atoms with van der Waals surface area (Å²) in [4.78, 5) is 4.59. The normalized spacial score (nSPS) is 17.4. The second kappa shape index (κ2) is 5.60. The summed E-state index contributed by atoms with van der Waals surface area (Å²) in [6.45, 7) is 5.19. The Morgan fingerprint density at radius 2 is 2.10 bits per heavy atom. The third-order valence-electron chi connectivity index (χ3n) is 4.49. The molecule has 0 radical (unpaired) electrons. The standard InChI is InChI=1S/C17H23N3O/c1-17(2,9-10-18)8-7-15-19-16(20-21-15)14-11-12-5-3-4-6-13(12)14/h3-6,14H,7-11,18H2,1-2H3. The minimum atomic E-state index is 0.229. The summed E-state index contributed by atoms with van der Waals surface area (Å²) in [5.41, 5.74) is 8.62. The molecule has 2 N–H and O–H groups in total. The van der Waals surface area contributed by atoms with E-state index in [1.54, 1.807) is 0 Å². The van der Waals surface area contributed by atoms with E-state index >= 15 is 0 Å². The van der Waals surface area contributed by atoms with E-state index in [9.17, 15) is 0 Å². The van der Waals surface area contributed by atoms with Gasteiger partial charge < -0.3 is 10.3 Å². The number of rotatable bonds is 6.